The Kier molecular flexibility index (Phi) is 4.97. The van der Waals surface area contributed by atoms with Crippen LogP contribution in [0, 0.1) is 6.92 Å². The number of anilines is 1. The molecule has 4 nitrogen and oxygen atoms in total. The normalized spacial score (nSPS) is 9.12. The fourth-order valence-corrected chi connectivity index (χ4v) is 1.43. The van der Waals surface area contributed by atoms with Crippen molar-refractivity contribution in [2.24, 2.45) is 5.73 Å². The monoisotopic (exact) mass is 232 g/mol. The van der Waals surface area contributed by atoms with E-state index in [9.17, 15) is 4.79 Å². The number of amides is 1. The number of aryl methyl sites for hydroxylation is 1. The highest BCUT2D eigenvalue weighted by Crippen LogP contribution is 2.27. The predicted octanol–water partition coefficient (Wildman–Crippen LogP) is 2.40. The third-order valence-electron chi connectivity index (χ3n) is 2.19. The summed E-state index contributed by atoms with van der Waals surface area (Å²) in [5, 5.41) is 2.59. The van der Waals surface area contributed by atoms with E-state index >= 15 is 0 Å². The minimum atomic E-state index is 0.645. The largest absolute Gasteiger partial charge is 0.459 e. The third kappa shape index (κ3) is 3.19. The molecule has 0 spiro atoms. The number of furan rings is 1. The number of hydrogen-bond acceptors (Lipinski definition) is 3. The summed E-state index contributed by atoms with van der Waals surface area (Å²) in [6.07, 6.45) is 0.645. The van der Waals surface area contributed by atoms with Crippen molar-refractivity contribution in [2.45, 2.75) is 6.92 Å². The fourth-order valence-electron chi connectivity index (χ4n) is 1.43. The summed E-state index contributed by atoms with van der Waals surface area (Å²) in [5.74, 6) is 1.47. The molecule has 1 amide bonds. The highest BCUT2D eigenvalue weighted by molar-refractivity contribution is 5.75. The van der Waals surface area contributed by atoms with Gasteiger partial charge >= 0.3 is 0 Å². The van der Waals surface area contributed by atoms with Crippen LogP contribution in [-0.4, -0.2) is 13.5 Å². The van der Waals surface area contributed by atoms with Gasteiger partial charge in [0.1, 0.15) is 11.5 Å². The van der Waals surface area contributed by atoms with E-state index in [2.05, 4.69) is 11.1 Å². The Labute approximate surface area is 100 Å². The van der Waals surface area contributed by atoms with Gasteiger partial charge in [0.2, 0.25) is 6.41 Å². The van der Waals surface area contributed by atoms with E-state index in [1.807, 2.05) is 43.3 Å². The molecule has 0 aliphatic heterocycles. The molecule has 0 fully saturated rings. The van der Waals surface area contributed by atoms with Gasteiger partial charge in [-0.2, -0.15) is 0 Å². The Morgan fingerprint density at radius 3 is 2.47 bits per heavy atom. The van der Waals surface area contributed by atoms with Gasteiger partial charge in [0.05, 0.1) is 5.69 Å². The van der Waals surface area contributed by atoms with E-state index in [4.69, 9.17) is 4.42 Å². The average Bonchev–Trinajstić information content (AvgIpc) is 2.75. The molecule has 90 valence electrons. The first-order valence-electron chi connectivity index (χ1n) is 5.25. The van der Waals surface area contributed by atoms with Crippen LogP contribution in [-0.2, 0) is 4.79 Å². The smallest absolute Gasteiger partial charge is 0.211 e. The van der Waals surface area contributed by atoms with Crippen molar-refractivity contribution in [1.82, 2.24) is 0 Å². The van der Waals surface area contributed by atoms with E-state index in [0.29, 0.717) is 17.9 Å². The van der Waals surface area contributed by atoms with E-state index < -0.39 is 0 Å². The SMILES string of the molecule is CN.Cc1oc(-c2ccccc2)cc1NC=O. The molecule has 1 aromatic carbocycles. The number of carbonyl (C=O) groups is 1. The first kappa shape index (κ1) is 13.0. The zero-order valence-electron chi connectivity index (χ0n) is 9.94. The van der Waals surface area contributed by atoms with Crippen LogP contribution < -0.4 is 11.1 Å². The minimum absolute atomic E-state index is 0.645. The van der Waals surface area contributed by atoms with E-state index in [1.54, 1.807) is 0 Å². The van der Waals surface area contributed by atoms with Crippen LogP contribution in [0.5, 0.6) is 0 Å². The van der Waals surface area contributed by atoms with Gasteiger partial charge in [-0.1, -0.05) is 30.3 Å². The second-order valence-corrected chi connectivity index (χ2v) is 3.21. The van der Waals surface area contributed by atoms with Crippen molar-refractivity contribution in [1.29, 1.82) is 0 Å². The standard InChI is InChI=1S/C12H11NO2.CH5N/c1-9-11(13-8-14)7-12(15-9)10-5-3-2-4-6-10;1-2/h2-8H,1H3,(H,13,14);2H2,1H3. The van der Waals surface area contributed by atoms with Gasteiger partial charge in [0.15, 0.2) is 0 Å². The topological polar surface area (TPSA) is 68.3 Å². The molecular weight excluding hydrogens is 216 g/mol. The zero-order chi connectivity index (χ0) is 12.7. The van der Waals surface area contributed by atoms with Crippen LogP contribution in [0.3, 0.4) is 0 Å². The molecule has 0 aliphatic carbocycles. The molecule has 0 saturated carbocycles. The second kappa shape index (κ2) is 6.50. The second-order valence-electron chi connectivity index (χ2n) is 3.21. The zero-order valence-corrected chi connectivity index (χ0v) is 9.94. The Bertz CT molecular complexity index is 464. The number of nitrogens with two attached hydrogens (primary N) is 1. The molecule has 1 heterocycles. The van der Waals surface area contributed by atoms with Crippen molar-refractivity contribution in [2.75, 3.05) is 12.4 Å². The maximum absolute atomic E-state index is 10.3. The molecule has 0 saturated heterocycles. The molecule has 2 rings (SSSR count). The maximum Gasteiger partial charge on any atom is 0.211 e. The van der Waals surface area contributed by atoms with Crippen LogP contribution in [0.1, 0.15) is 5.76 Å². The molecule has 0 radical (unpaired) electrons. The number of nitrogens with one attached hydrogen (secondary N) is 1. The summed E-state index contributed by atoms with van der Waals surface area (Å²) < 4.78 is 5.53. The van der Waals surface area contributed by atoms with Gasteiger partial charge in [-0.3, -0.25) is 4.79 Å². The fraction of sp³-hybridized carbons (Fsp3) is 0.154. The van der Waals surface area contributed by atoms with Crippen molar-refractivity contribution in [3.8, 4) is 11.3 Å². The van der Waals surface area contributed by atoms with Crippen LogP contribution in [0.25, 0.3) is 11.3 Å². The molecule has 2 aromatic rings. The molecule has 3 N–H and O–H groups in total. The Morgan fingerprint density at radius 1 is 1.24 bits per heavy atom. The molecule has 0 bridgehead atoms. The molecule has 0 atom stereocenters. The summed E-state index contributed by atoms with van der Waals surface area (Å²) >= 11 is 0. The van der Waals surface area contributed by atoms with E-state index in [0.717, 1.165) is 11.3 Å². The molecule has 0 unspecified atom stereocenters. The van der Waals surface area contributed by atoms with Crippen LogP contribution in [0.15, 0.2) is 40.8 Å². The van der Waals surface area contributed by atoms with Crippen molar-refractivity contribution in [3.63, 3.8) is 0 Å². The van der Waals surface area contributed by atoms with Gasteiger partial charge in [-0.25, -0.2) is 0 Å². The third-order valence-corrected chi connectivity index (χ3v) is 2.19. The van der Waals surface area contributed by atoms with Crippen LogP contribution in [0.4, 0.5) is 5.69 Å². The quantitative estimate of drug-likeness (QED) is 0.798. The van der Waals surface area contributed by atoms with E-state index in [1.165, 1.54) is 7.05 Å². The molecular formula is C13H16N2O2. The van der Waals surface area contributed by atoms with E-state index in [-0.39, 0.29) is 0 Å². The van der Waals surface area contributed by atoms with Crippen molar-refractivity contribution < 1.29 is 9.21 Å². The summed E-state index contributed by atoms with van der Waals surface area (Å²) in [5.41, 5.74) is 6.21. The predicted molar refractivity (Wildman–Crippen MR) is 68.7 cm³/mol. The lowest BCUT2D eigenvalue weighted by Gasteiger charge is -1.93. The number of hydrogen-bond donors (Lipinski definition) is 2. The number of benzene rings is 1. The summed E-state index contributed by atoms with van der Waals surface area (Å²) in [7, 11) is 1.50. The minimum Gasteiger partial charge on any atom is -0.459 e. The maximum atomic E-state index is 10.3. The first-order chi connectivity index (χ1) is 8.31. The van der Waals surface area contributed by atoms with Crippen LogP contribution in [0.2, 0.25) is 0 Å². The molecule has 1 aromatic heterocycles. The highest BCUT2D eigenvalue weighted by Gasteiger charge is 2.07. The van der Waals surface area contributed by atoms with Gasteiger partial charge < -0.3 is 15.5 Å². The lowest BCUT2D eigenvalue weighted by molar-refractivity contribution is -0.105. The lowest BCUT2D eigenvalue weighted by atomic mass is 10.2. The molecule has 4 heteroatoms. The first-order valence-corrected chi connectivity index (χ1v) is 5.25. The van der Waals surface area contributed by atoms with Gasteiger partial charge in [-0.05, 0) is 14.0 Å². The number of rotatable bonds is 3. The number of carbonyl (C=O) groups excluding carboxylic acids is 1. The summed E-state index contributed by atoms with van der Waals surface area (Å²) in [6.45, 7) is 1.82. The van der Waals surface area contributed by atoms with Gasteiger partial charge in [0.25, 0.3) is 0 Å². The Morgan fingerprint density at radius 2 is 1.88 bits per heavy atom. The van der Waals surface area contributed by atoms with Gasteiger partial charge in [0, 0.05) is 11.6 Å². The lowest BCUT2D eigenvalue weighted by Crippen LogP contribution is -1.92. The Balaban J connectivity index is 0.000000686. The summed E-state index contributed by atoms with van der Waals surface area (Å²) in [6, 6.07) is 11.6. The average molecular weight is 232 g/mol. The molecule has 17 heavy (non-hydrogen) atoms. The van der Waals surface area contributed by atoms with Crippen molar-refractivity contribution >= 4 is 12.1 Å². The van der Waals surface area contributed by atoms with Gasteiger partial charge in [-0.15, -0.1) is 0 Å². The Hall–Kier alpha value is -2.07. The molecule has 0 aliphatic rings. The summed E-state index contributed by atoms with van der Waals surface area (Å²) in [4.78, 5) is 10.3. The van der Waals surface area contributed by atoms with Crippen LogP contribution >= 0.6 is 0 Å². The van der Waals surface area contributed by atoms with Crippen molar-refractivity contribution in [3.05, 3.63) is 42.2 Å². The highest BCUT2D eigenvalue weighted by atomic mass is 16.3.